The number of benzene rings is 2. The van der Waals surface area contributed by atoms with Gasteiger partial charge in [-0.1, -0.05) is 41.1 Å². The molecule has 4 aromatic rings. The Morgan fingerprint density at radius 1 is 1.13 bits per heavy atom. The van der Waals surface area contributed by atoms with E-state index in [2.05, 4.69) is 38.1 Å². The lowest BCUT2D eigenvalue weighted by Gasteiger charge is -2.07. The van der Waals surface area contributed by atoms with Gasteiger partial charge in [0.15, 0.2) is 0 Å². The van der Waals surface area contributed by atoms with E-state index in [1.165, 1.54) is 0 Å². The van der Waals surface area contributed by atoms with Gasteiger partial charge in [0.1, 0.15) is 17.0 Å². The number of anilines is 1. The van der Waals surface area contributed by atoms with Crippen molar-refractivity contribution >= 4 is 44.3 Å². The van der Waals surface area contributed by atoms with Crippen LogP contribution in [0.1, 0.15) is 28.4 Å². The van der Waals surface area contributed by atoms with Gasteiger partial charge in [-0.05, 0) is 66.9 Å². The molecule has 0 spiro atoms. The number of hydrogen-bond donors (Lipinski definition) is 1. The third-order valence-corrected chi connectivity index (χ3v) is 5.15. The molecule has 6 heteroatoms. The van der Waals surface area contributed by atoms with Crippen LogP contribution >= 0.6 is 15.9 Å². The molecule has 0 unspecified atom stereocenters. The van der Waals surface area contributed by atoms with Crippen LogP contribution in [0.3, 0.4) is 0 Å². The van der Waals surface area contributed by atoms with E-state index < -0.39 is 0 Å². The molecule has 0 atom stereocenters. The Morgan fingerprint density at radius 3 is 2.77 bits per heavy atom. The van der Waals surface area contributed by atoms with Gasteiger partial charge in [-0.3, -0.25) is 4.79 Å². The first-order valence-corrected chi connectivity index (χ1v) is 10.4. The largest absolute Gasteiger partial charge is 0.438 e. The van der Waals surface area contributed by atoms with Gasteiger partial charge in [0, 0.05) is 16.1 Å². The number of hydrogen-bond acceptors (Lipinski definition) is 4. The number of pyridine rings is 1. The molecule has 2 aromatic carbocycles. The van der Waals surface area contributed by atoms with E-state index in [0.29, 0.717) is 17.0 Å². The van der Waals surface area contributed by atoms with Gasteiger partial charge < -0.3 is 9.73 Å². The maximum Gasteiger partial charge on any atom is 0.262 e. The molecule has 0 saturated heterocycles. The van der Waals surface area contributed by atoms with Crippen LogP contribution in [0.4, 0.5) is 11.5 Å². The summed E-state index contributed by atoms with van der Waals surface area (Å²) >= 11 is 3.47. The predicted molar refractivity (Wildman–Crippen MR) is 122 cm³/mol. The molecule has 2 aromatic heterocycles. The highest BCUT2D eigenvalue weighted by atomic mass is 79.9. The van der Waals surface area contributed by atoms with Crippen molar-refractivity contribution in [2.24, 2.45) is 4.99 Å². The van der Waals surface area contributed by atoms with Gasteiger partial charge in [0.25, 0.3) is 5.91 Å². The maximum absolute atomic E-state index is 13.1. The van der Waals surface area contributed by atoms with Crippen molar-refractivity contribution in [2.75, 3.05) is 5.32 Å². The molecule has 30 heavy (non-hydrogen) atoms. The van der Waals surface area contributed by atoms with E-state index in [1.54, 1.807) is 18.3 Å². The van der Waals surface area contributed by atoms with Crippen molar-refractivity contribution in [1.29, 1.82) is 0 Å². The zero-order valence-corrected chi connectivity index (χ0v) is 18.2. The standard InChI is InChI=1S/C24H20BrN3O2/c1-3-16-5-4-6-19(11-16)27-24-20(13-17-12-18(25)8-9-21(17)30-24)23(29)28-22-10-7-15(2)14-26-22/h4-14H,3H2,1-2H3,(H,26,28,29). The fraction of sp³-hybridized carbons (Fsp3) is 0.125. The molecule has 4 rings (SSSR count). The van der Waals surface area contributed by atoms with E-state index in [4.69, 9.17) is 4.42 Å². The zero-order chi connectivity index (χ0) is 21.1. The van der Waals surface area contributed by atoms with Gasteiger partial charge in [0.05, 0.1) is 5.69 Å². The summed E-state index contributed by atoms with van der Waals surface area (Å²) in [6.45, 7) is 4.03. The number of amides is 1. The highest BCUT2D eigenvalue weighted by Crippen LogP contribution is 2.21. The van der Waals surface area contributed by atoms with Crippen molar-refractivity contribution in [1.82, 2.24) is 4.98 Å². The van der Waals surface area contributed by atoms with Crippen LogP contribution in [-0.4, -0.2) is 10.9 Å². The summed E-state index contributed by atoms with van der Waals surface area (Å²) in [5, 5.41) is 3.63. The van der Waals surface area contributed by atoms with Gasteiger partial charge in [-0.25, -0.2) is 9.98 Å². The smallest absolute Gasteiger partial charge is 0.262 e. The minimum absolute atomic E-state index is 0.252. The molecule has 5 nitrogen and oxygen atoms in total. The quantitative estimate of drug-likeness (QED) is 0.408. The average Bonchev–Trinajstić information content (AvgIpc) is 2.75. The van der Waals surface area contributed by atoms with Crippen molar-refractivity contribution in [3.8, 4) is 0 Å². The minimum atomic E-state index is -0.331. The van der Waals surface area contributed by atoms with Crippen LogP contribution in [0.2, 0.25) is 0 Å². The molecule has 0 bridgehead atoms. The molecular weight excluding hydrogens is 442 g/mol. The Hall–Kier alpha value is -3.25. The van der Waals surface area contributed by atoms with Crippen LogP contribution in [0.25, 0.3) is 11.0 Å². The number of nitrogens with one attached hydrogen (secondary N) is 1. The lowest BCUT2D eigenvalue weighted by Crippen LogP contribution is -2.22. The topological polar surface area (TPSA) is 67.5 Å². The van der Waals surface area contributed by atoms with E-state index in [1.807, 2.05) is 55.5 Å². The van der Waals surface area contributed by atoms with Gasteiger partial charge in [0.2, 0.25) is 5.55 Å². The predicted octanol–water partition coefficient (Wildman–Crippen LogP) is 5.95. The molecule has 0 aliphatic rings. The van der Waals surface area contributed by atoms with E-state index in [-0.39, 0.29) is 11.5 Å². The van der Waals surface area contributed by atoms with Crippen molar-refractivity contribution in [2.45, 2.75) is 20.3 Å². The van der Waals surface area contributed by atoms with E-state index in [0.717, 1.165) is 33.1 Å². The minimum Gasteiger partial charge on any atom is -0.438 e. The SMILES string of the molecule is CCc1cccc(N=c2oc3ccc(Br)cc3cc2C(=O)Nc2ccc(C)cn2)c1. The molecule has 0 aliphatic heterocycles. The second kappa shape index (κ2) is 8.63. The highest BCUT2D eigenvalue weighted by molar-refractivity contribution is 9.10. The molecule has 0 fully saturated rings. The fourth-order valence-electron chi connectivity index (χ4n) is 3.04. The summed E-state index contributed by atoms with van der Waals surface area (Å²) in [4.78, 5) is 22.0. The molecule has 1 amide bonds. The first-order valence-electron chi connectivity index (χ1n) is 9.63. The number of fused-ring (bicyclic) bond motifs is 1. The van der Waals surface area contributed by atoms with Crippen LogP contribution in [0.15, 0.2) is 80.7 Å². The Morgan fingerprint density at radius 2 is 2.00 bits per heavy atom. The number of halogens is 1. The second-order valence-electron chi connectivity index (χ2n) is 6.96. The van der Waals surface area contributed by atoms with Crippen LogP contribution in [0.5, 0.6) is 0 Å². The first-order chi connectivity index (χ1) is 14.5. The summed E-state index contributed by atoms with van der Waals surface area (Å²) in [5.41, 5.74) is 4.15. The second-order valence-corrected chi connectivity index (χ2v) is 7.87. The number of carbonyl (C=O) groups is 1. The summed E-state index contributed by atoms with van der Waals surface area (Å²) in [6.07, 6.45) is 2.61. The van der Waals surface area contributed by atoms with Gasteiger partial charge >= 0.3 is 0 Å². The molecule has 0 radical (unpaired) electrons. The van der Waals surface area contributed by atoms with Crippen LogP contribution in [0, 0.1) is 6.92 Å². The lowest BCUT2D eigenvalue weighted by atomic mass is 10.1. The molecule has 0 saturated carbocycles. The molecular formula is C24H20BrN3O2. The number of nitrogens with zero attached hydrogens (tertiary/aromatic N) is 2. The molecule has 0 aliphatic carbocycles. The third-order valence-electron chi connectivity index (χ3n) is 4.66. The van der Waals surface area contributed by atoms with Gasteiger partial charge in [-0.15, -0.1) is 0 Å². The van der Waals surface area contributed by atoms with Crippen LogP contribution < -0.4 is 10.9 Å². The fourth-order valence-corrected chi connectivity index (χ4v) is 3.41. The number of carbonyl (C=O) groups excluding carboxylic acids is 1. The molecule has 150 valence electrons. The first kappa shape index (κ1) is 20.0. The number of aromatic nitrogens is 1. The Bertz CT molecular complexity index is 1290. The van der Waals surface area contributed by atoms with E-state index in [9.17, 15) is 4.79 Å². The number of aryl methyl sites for hydroxylation is 2. The average molecular weight is 462 g/mol. The Balaban J connectivity index is 1.84. The summed E-state index contributed by atoms with van der Waals surface area (Å²) in [7, 11) is 0. The van der Waals surface area contributed by atoms with Crippen molar-refractivity contribution in [3.05, 3.63) is 93.6 Å². The summed E-state index contributed by atoms with van der Waals surface area (Å²) in [5.74, 6) is 0.140. The maximum atomic E-state index is 13.1. The summed E-state index contributed by atoms with van der Waals surface area (Å²) in [6, 6.07) is 19.0. The molecule has 1 N–H and O–H groups in total. The summed E-state index contributed by atoms with van der Waals surface area (Å²) < 4.78 is 6.93. The Labute approximate surface area is 182 Å². The van der Waals surface area contributed by atoms with Crippen molar-refractivity contribution < 1.29 is 9.21 Å². The zero-order valence-electron chi connectivity index (χ0n) is 16.6. The van der Waals surface area contributed by atoms with E-state index >= 15 is 0 Å². The molecule has 2 heterocycles. The normalized spacial score (nSPS) is 11.6. The van der Waals surface area contributed by atoms with Crippen molar-refractivity contribution in [3.63, 3.8) is 0 Å². The third kappa shape index (κ3) is 4.49. The Kier molecular flexibility index (Phi) is 5.77. The lowest BCUT2D eigenvalue weighted by molar-refractivity contribution is 0.102. The number of rotatable bonds is 4. The highest BCUT2D eigenvalue weighted by Gasteiger charge is 2.14. The van der Waals surface area contributed by atoms with Crippen LogP contribution in [-0.2, 0) is 6.42 Å². The van der Waals surface area contributed by atoms with Gasteiger partial charge in [-0.2, -0.15) is 0 Å². The monoisotopic (exact) mass is 461 g/mol.